The van der Waals surface area contributed by atoms with Gasteiger partial charge in [-0.25, -0.2) is 0 Å². The van der Waals surface area contributed by atoms with Gasteiger partial charge in [0.25, 0.3) is 0 Å². The van der Waals surface area contributed by atoms with Crippen molar-refractivity contribution < 1.29 is 9.53 Å². The maximum absolute atomic E-state index is 12.1. The predicted octanol–water partition coefficient (Wildman–Crippen LogP) is 6.59. The number of nitrogens with zero attached hydrogens (tertiary/aromatic N) is 3. The van der Waals surface area contributed by atoms with E-state index in [1.54, 1.807) is 7.11 Å². The predicted molar refractivity (Wildman–Crippen MR) is 164 cm³/mol. The monoisotopic (exact) mass is 553 g/mol. The van der Waals surface area contributed by atoms with Gasteiger partial charge in [-0.1, -0.05) is 38.1 Å². The lowest BCUT2D eigenvalue weighted by molar-refractivity contribution is -0.115. The average molecular weight is 554 g/mol. The van der Waals surface area contributed by atoms with Gasteiger partial charge in [0.1, 0.15) is 5.75 Å². The minimum absolute atomic E-state index is 0.0719. The van der Waals surface area contributed by atoms with Gasteiger partial charge < -0.3 is 24.8 Å². The molecule has 0 spiro atoms. The lowest BCUT2D eigenvalue weighted by Gasteiger charge is -2.29. The maximum Gasteiger partial charge on any atom is 0.224 e. The summed E-state index contributed by atoms with van der Waals surface area (Å²) in [6, 6.07) is 22.2. The number of para-hydroxylation sites is 1. The molecule has 5 rings (SSSR count). The molecule has 7 nitrogen and oxygen atoms in total. The zero-order chi connectivity index (χ0) is 28.4. The van der Waals surface area contributed by atoms with E-state index in [1.807, 2.05) is 49.5 Å². The fourth-order valence-corrected chi connectivity index (χ4v) is 5.95. The van der Waals surface area contributed by atoms with E-state index in [4.69, 9.17) is 21.9 Å². The molecule has 206 valence electrons. The molecule has 1 aliphatic rings. The third-order valence-corrected chi connectivity index (χ3v) is 7.87. The second-order valence-corrected chi connectivity index (χ2v) is 10.3. The lowest BCUT2D eigenvalue weighted by Crippen LogP contribution is -2.29. The summed E-state index contributed by atoms with van der Waals surface area (Å²) >= 11 is 5.96. The summed E-state index contributed by atoms with van der Waals surface area (Å²) in [6.45, 7) is 8.33. The van der Waals surface area contributed by atoms with Crippen LogP contribution in [0.2, 0.25) is 0 Å². The molecule has 40 heavy (non-hydrogen) atoms. The summed E-state index contributed by atoms with van der Waals surface area (Å²) in [6.07, 6.45) is 3.14. The first-order chi connectivity index (χ1) is 19.4. The molecule has 8 heteroatoms. The van der Waals surface area contributed by atoms with Crippen LogP contribution < -0.4 is 20.3 Å². The van der Waals surface area contributed by atoms with Crippen molar-refractivity contribution in [3.8, 4) is 11.4 Å². The van der Waals surface area contributed by atoms with Crippen LogP contribution in [-0.4, -0.2) is 27.7 Å². The van der Waals surface area contributed by atoms with Gasteiger partial charge in [0.15, 0.2) is 5.11 Å². The van der Waals surface area contributed by atoms with Gasteiger partial charge in [-0.05, 0) is 80.0 Å². The zero-order valence-electron chi connectivity index (χ0n) is 23.6. The number of amides is 1. The number of hydrogen-bond acceptors (Lipinski definition) is 4. The van der Waals surface area contributed by atoms with Gasteiger partial charge in [0.05, 0.1) is 30.6 Å². The normalized spacial score (nSPS) is 16.6. The number of thiocarbonyl (C=S) groups is 1. The van der Waals surface area contributed by atoms with Crippen molar-refractivity contribution in [2.75, 3.05) is 17.3 Å². The van der Waals surface area contributed by atoms with Crippen molar-refractivity contribution in [2.45, 2.75) is 52.6 Å². The Morgan fingerprint density at radius 3 is 2.55 bits per heavy atom. The Labute approximate surface area is 241 Å². The maximum atomic E-state index is 12.1. The summed E-state index contributed by atoms with van der Waals surface area (Å²) in [4.78, 5) is 18.9. The third-order valence-electron chi connectivity index (χ3n) is 7.56. The van der Waals surface area contributed by atoms with E-state index < -0.39 is 0 Å². The Bertz CT molecular complexity index is 1550. The molecule has 2 N–H and O–H groups in total. The Morgan fingerprint density at radius 2 is 1.85 bits per heavy atom. The molecule has 1 fully saturated rings. The first-order valence-corrected chi connectivity index (χ1v) is 14.0. The van der Waals surface area contributed by atoms with Crippen LogP contribution in [0.5, 0.6) is 5.75 Å². The van der Waals surface area contributed by atoms with Crippen molar-refractivity contribution in [2.24, 2.45) is 0 Å². The zero-order valence-corrected chi connectivity index (χ0v) is 24.4. The molecule has 0 bridgehead atoms. The standard InChI is InChI=1S/C32H35N5O2S/c1-6-22-12-8-9-14-27(22)36-20(3)18-24(21(36)4)31-30(26-13-10-11-17-33-26)35-32(40)37(31)23-15-16-25(28(19-23)39-5)34-29(38)7-2/h8-19,30-31H,6-7H2,1-5H3,(H,34,38)(H,35,40)/t30-,31-/m0/s1. The molecule has 2 aromatic carbocycles. The lowest BCUT2D eigenvalue weighted by atomic mass is 9.96. The summed E-state index contributed by atoms with van der Waals surface area (Å²) in [5, 5.41) is 7.08. The molecule has 0 unspecified atom stereocenters. The van der Waals surface area contributed by atoms with Crippen molar-refractivity contribution in [1.82, 2.24) is 14.9 Å². The summed E-state index contributed by atoms with van der Waals surface area (Å²) < 4.78 is 8.03. The summed E-state index contributed by atoms with van der Waals surface area (Å²) in [5.41, 5.74) is 8.36. The SMILES string of the molecule is CCC(=O)Nc1ccc(N2C(=S)N[C@@H](c3ccccn3)[C@@H]2c2cc(C)n(-c3ccccc3CC)c2C)cc1OC. The van der Waals surface area contributed by atoms with E-state index in [0.717, 1.165) is 34.8 Å². The fraction of sp³-hybridized carbons (Fsp3) is 0.281. The third kappa shape index (κ3) is 4.95. The highest BCUT2D eigenvalue weighted by Crippen LogP contribution is 2.45. The van der Waals surface area contributed by atoms with Crippen molar-refractivity contribution in [1.29, 1.82) is 0 Å². The molecule has 0 radical (unpaired) electrons. The van der Waals surface area contributed by atoms with Crippen LogP contribution >= 0.6 is 12.2 Å². The van der Waals surface area contributed by atoms with Gasteiger partial charge in [-0.2, -0.15) is 0 Å². The van der Waals surface area contributed by atoms with Crippen molar-refractivity contribution in [3.05, 3.63) is 101 Å². The molecule has 2 aromatic heterocycles. The number of benzene rings is 2. The number of aromatic nitrogens is 2. The Kier molecular flexibility index (Phi) is 7.89. The number of carbonyl (C=O) groups is 1. The fourth-order valence-electron chi connectivity index (χ4n) is 5.61. The average Bonchev–Trinajstić information content (AvgIpc) is 3.48. The van der Waals surface area contributed by atoms with E-state index in [2.05, 4.69) is 71.2 Å². The Balaban J connectivity index is 1.66. The highest BCUT2D eigenvalue weighted by atomic mass is 32.1. The molecular weight excluding hydrogens is 518 g/mol. The van der Waals surface area contributed by atoms with E-state index in [1.165, 1.54) is 11.3 Å². The molecule has 2 atom stereocenters. The number of hydrogen-bond donors (Lipinski definition) is 2. The van der Waals surface area contributed by atoms with E-state index >= 15 is 0 Å². The molecule has 1 aliphatic heterocycles. The second-order valence-electron chi connectivity index (χ2n) is 9.93. The number of ether oxygens (including phenoxy) is 1. The van der Waals surface area contributed by atoms with Crippen LogP contribution in [0.25, 0.3) is 5.69 Å². The molecule has 1 amide bonds. The minimum Gasteiger partial charge on any atom is -0.494 e. The highest BCUT2D eigenvalue weighted by molar-refractivity contribution is 7.80. The molecule has 1 saturated heterocycles. The smallest absolute Gasteiger partial charge is 0.224 e. The number of rotatable bonds is 8. The molecule has 4 aromatic rings. The molecule has 0 aliphatic carbocycles. The van der Waals surface area contributed by atoms with Crippen LogP contribution in [0.4, 0.5) is 11.4 Å². The van der Waals surface area contributed by atoms with Gasteiger partial charge >= 0.3 is 0 Å². The van der Waals surface area contributed by atoms with E-state index in [-0.39, 0.29) is 18.0 Å². The first-order valence-electron chi connectivity index (χ1n) is 13.6. The van der Waals surface area contributed by atoms with Gasteiger partial charge in [-0.15, -0.1) is 0 Å². The number of pyridine rings is 1. The minimum atomic E-state index is -0.172. The summed E-state index contributed by atoms with van der Waals surface area (Å²) in [7, 11) is 1.61. The summed E-state index contributed by atoms with van der Waals surface area (Å²) in [5.74, 6) is 0.502. The second kappa shape index (κ2) is 11.5. The molecular formula is C32H35N5O2S. The number of aryl methyl sites for hydroxylation is 2. The molecule has 3 heterocycles. The largest absolute Gasteiger partial charge is 0.494 e. The quantitative estimate of drug-likeness (QED) is 0.240. The van der Waals surface area contributed by atoms with Crippen LogP contribution in [0.1, 0.15) is 60.6 Å². The van der Waals surface area contributed by atoms with Crippen molar-refractivity contribution >= 4 is 34.6 Å². The number of methoxy groups -OCH3 is 1. The highest BCUT2D eigenvalue weighted by Gasteiger charge is 2.42. The van der Waals surface area contributed by atoms with E-state index in [9.17, 15) is 4.79 Å². The van der Waals surface area contributed by atoms with Crippen LogP contribution in [0.3, 0.4) is 0 Å². The number of nitrogens with one attached hydrogen (secondary N) is 2. The van der Waals surface area contributed by atoms with Crippen LogP contribution in [0, 0.1) is 13.8 Å². The number of carbonyl (C=O) groups excluding carboxylic acids is 1. The van der Waals surface area contributed by atoms with Gasteiger partial charge in [-0.3, -0.25) is 9.78 Å². The topological polar surface area (TPSA) is 71.4 Å². The van der Waals surface area contributed by atoms with Crippen LogP contribution in [-0.2, 0) is 11.2 Å². The van der Waals surface area contributed by atoms with E-state index in [0.29, 0.717) is 23.0 Å². The van der Waals surface area contributed by atoms with Gasteiger partial charge in [0, 0.05) is 41.4 Å². The Hall–Kier alpha value is -4.17. The molecule has 0 saturated carbocycles. The van der Waals surface area contributed by atoms with Crippen molar-refractivity contribution in [3.63, 3.8) is 0 Å². The van der Waals surface area contributed by atoms with Crippen LogP contribution in [0.15, 0.2) is 72.9 Å². The van der Waals surface area contributed by atoms with Gasteiger partial charge in [0.2, 0.25) is 5.91 Å². The number of anilines is 2. The first kappa shape index (κ1) is 27.4. The Morgan fingerprint density at radius 1 is 1.07 bits per heavy atom.